The van der Waals surface area contributed by atoms with Crippen molar-refractivity contribution in [2.75, 3.05) is 18.9 Å². The second-order valence-corrected chi connectivity index (χ2v) is 9.92. The first kappa shape index (κ1) is 25.8. The summed E-state index contributed by atoms with van der Waals surface area (Å²) in [7, 11) is 0. The Bertz CT molecular complexity index is 1670. The SMILES string of the molecule is CCOC(=O)Cc1ccccc1OCc1nn(C2CCCCO2)c2ccc(-c3cccc4c(N)nccc34)cc12. The molecule has 6 rings (SSSR count). The molecule has 8 heteroatoms. The van der Waals surface area contributed by atoms with E-state index in [4.69, 9.17) is 25.0 Å². The summed E-state index contributed by atoms with van der Waals surface area (Å²) in [5.41, 5.74) is 10.9. The highest BCUT2D eigenvalue weighted by molar-refractivity contribution is 6.02. The van der Waals surface area contributed by atoms with Gasteiger partial charge in [-0.25, -0.2) is 9.67 Å². The molecular weight excluding hydrogens is 504 g/mol. The van der Waals surface area contributed by atoms with Crippen molar-refractivity contribution in [2.24, 2.45) is 0 Å². The van der Waals surface area contributed by atoms with Crippen LogP contribution in [-0.2, 0) is 27.3 Å². The molecule has 0 spiro atoms. The fourth-order valence-corrected chi connectivity index (χ4v) is 5.40. The van der Waals surface area contributed by atoms with Crippen molar-refractivity contribution in [3.63, 3.8) is 0 Å². The van der Waals surface area contributed by atoms with Crippen LogP contribution >= 0.6 is 0 Å². The number of hydrogen-bond acceptors (Lipinski definition) is 7. The third-order valence-electron chi connectivity index (χ3n) is 7.34. The number of pyridine rings is 1. The van der Waals surface area contributed by atoms with Gasteiger partial charge in [-0.1, -0.05) is 42.5 Å². The van der Waals surface area contributed by atoms with E-state index in [0.717, 1.165) is 69.9 Å². The Kier molecular flexibility index (Phi) is 7.33. The van der Waals surface area contributed by atoms with Crippen LogP contribution < -0.4 is 10.5 Å². The van der Waals surface area contributed by atoms with Crippen molar-refractivity contribution in [3.05, 3.63) is 84.2 Å². The molecule has 2 N–H and O–H groups in total. The number of nitrogen functional groups attached to an aromatic ring is 1. The zero-order valence-electron chi connectivity index (χ0n) is 22.5. The zero-order valence-corrected chi connectivity index (χ0v) is 22.5. The molecule has 0 aliphatic carbocycles. The van der Waals surface area contributed by atoms with Gasteiger partial charge >= 0.3 is 5.97 Å². The number of aromatic nitrogens is 3. The van der Waals surface area contributed by atoms with E-state index in [1.807, 2.05) is 47.1 Å². The summed E-state index contributed by atoms with van der Waals surface area (Å²) in [5.74, 6) is 0.872. The van der Waals surface area contributed by atoms with Crippen LogP contribution in [-0.4, -0.2) is 33.9 Å². The smallest absolute Gasteiger partial charge is 0.310 e. The molecular formula is C32H32N4O4. The Balaban J connectivity index is 1.39. The van der Waals surface area contributed by atoms with Gasteiger partial charge in [0, 0.05) is 29.1 Å². The first-order valence-electron chi connectivity index (χ1n) is 13.7. The van der Waals surface area contributed by atoms with Gasteiger partial charge in [0.2, 0.25) is 0 Å². The monoisotopic (exact) mass is 536 g/mol. The normalized spacial score (nSPS) is 15.4. The molecule has 0 saturated carbocycles. The highest BCUT2D eigenvalue weighted by Gasteiger charge is 2.22. The minimum absolute atomic E-state index is 0.115. The Morgan fingerprint density at radius 3 is 2.80 bits per heavy atom. The lowest BCUT2D eigenvalue weighted by Crippen LogP contribution is -2.19. The molecule has 0 amide bonds. The van der Waals surface area contributed by atoms with Crippen LogP contribution in [0.3, 0.4) is 0 Å². The predicted octanol–water partition coefficient (Wildman–Crippen LogP) is 6.22. The van der Waals surface area contributed by atoms with Crippen molar-refractivity contribution < 1.29 is 19.0 Å². The Morgan fingerprint density at radius 1 is 1.05 bits per heavy atom. The summed E-state index contributed by atoms with van der Waals surface area (Å²) in [5, 5.41) is 7.97. The number of para-hydroxylation sites is 1. The van der Waals surface area contributed by atoms with E-state index in [1.165, 1.54) is 0 Å². The third-order valence-corrected chi connectivity index (χ3v) is 7.34. The largest absolute Gasteiger partial charge is 0.487 e. The van der Waals surface area contributed by atoms with E-state index in [9.17, 15) is 4.79 Å². The average molecular weight is 537 g/mol. The Morgan fingerprint density at radius 2 is 1.95 bits per heavy atom. The summed E-state index contributed by atoms with van der Waals surface area (Å²) >= 11 is 0. The van der Waals surface area contributed by atoms with E-state index in [0.29, 0.717) is 18.2 Å². The minimum Gasteiger partial charge on any atom is -0.487 e. The molecule has 204 valence electrons. The molecule has 8 nitrogen and oxygen atoms in total. The molecule has 1 atom stereocenters. The quantitative estimate of drug-likeness (QED) is 0.235. The maximum absolute atomic E-state index is 12.2. The second kappa shape index (κ2) is 11.4. The summed E-state index contributed by atoms with van der Waals surface area (Å²) < 4.78 is 19.5. The number of carbonyl (C=O) groups is 1. The van der Waals surface area contributed by atoms with Gasteiger partial charge < -0.3 is 19.9 Å². The fraction of sp³-hybridized carbons (Fsp3) is 0.281. The molecule has 1 fully saturated rings. The molecule has 3 heterocycles. The molecule has 0 bridgehead atoms. The maximum Gasteiger partial charge on any atom is 0.310 e. The second-order valence-electron chi connectivity index (χ2n) is 9.92. The molecule has 5 aromatic rings. The van der Waals surface area contributed by atoms with Gasteiger partial charge in [-0.05, 0) is 67.0 Å². The molecule has 40 heavy (non-hydrogen) atoms. The molecule has 3 aromatic carbocycles. The number of fused-ring (bicyclic) bond motifs is 2. The van der Waals surface area contributed by atoms with Crippen LogP contribution in [0.5, 0.6) is 5.75 Å². The first-order valence-corrected chi connectivity index (χ1v) is 13.7. The molecule has 1 unspecified atom stereocenters. The van der Waals surface area contributed by atoms with Gasteiger partial charge in [0.1, 0.15) is 23.9 Å². The number of rotatable bonds is 8. The lowest BCUT2D eigenvalue weighted by atomic mass is 9.97. The van der Waals surface area contributed by atoms with Crippen LogP contribution in [0.15, 0.2) is 72.9 Å². The van der Waals surface area contributed by atoms with E-state index in [-0.39, 0.29) is 25.2 Å². The summed E-state index contributed by atoms with van der Waals surface area (Å²) in [6.07, 6.45) is 4.85. The third kappa shape index (κ3) is 5.10. The van der Waals surface area contributed by atoms with Gasteiger partial charge in [-0.2, -0.15) is 5.10 Å². The molecule has 1 aliphatic rings. The molecule has 1 aliphatic heterocycles. The number of hydrogen-bond donors (Lipinski definition) is 1. The maximum atomic E-state index is 12.2. The van der Waals surface area contributed by atoms with E-state index in [2.05, 4.69) is 29.2 Å². The van der Waals surface area contributed by atoms with Crippen molar-refractivity contribution >= 4 is 33.5 Å². The van der Waals surface area contributed by atoms with Crippen LogP contribution in [0.2, 0.25) is 0 Å². The van der Waals surface area contributed by atoms with Gasteiger partial charge in [-0.3, -0.25) is 4.79 Å². The topological polar surface area (TPSA) is 101 Å². The zero-order chi connectivity index (χ0) is 27.5. The van der Waals surface area contributed by atoms with E-state index < -0.39 is 0 Å². The summed E-state index contributed by atoms with van der Waals surface area (Å²) in [6, 6.07) is 22.0. The molecule has 2 aromatic heterocycles. The van der Waals surface area contributed by atoms with Crippen molar-refractivity contribution in [1.29, 1.82) is 0 Å². The summed E-state index contributed by atoms with van der Waals surface area (Å²) in [4.78, 5) is 16.4. The van der Waals surface area contributed by atoms with Crippen molar-refractivity contribution in [3.8, 4) is 16.9 Å². The number of nitrogens with two attached hydrogens (primary N) is 1. The molecule has 1 saturated heterocycles. The van der Waals surface area contributed by atoms with Gasteiger partial charge in [0.05, 0.1) is 18.5 Å². The predicted molar refractivity (Wildman–Crippen MR) is 155 cm³/mol. The fourth-order valence-electron chi connectivity index (χ4n) is 5.40. The number of anilines is 1. The molecule has 0 radical (unpaired) electrons. The lowest BCUT2D eigenvalue weighted by molar-refractivity contribution is -0.142. The number of benzene rings is 3. The van der Waals surface area contributed by atoms with Crippen LogP contribution in [0, 0.1) is 0 Å². The van der Waals surface area contributed by atoms with Crippen LogP contribution in [0.25, 0.3) is 32.8 Å². The number of esters is 1. The first-order chi connectivity index (χ1) is 19.6. The lowest BCUT2D eigenvalue weighted by Gasteiger charge is -2.23. The Hall–Kier alpha value is -4.43. The highest BCUT2D eigenvalue weighted by Crippen LogP contribution is 2.35. The van der Waals surface area contributed by atoms with E-state index in [1.54, 1.807) is 13.1 Å². The number of nitrogens with zero attached hydrogens (tertiary/aromatic N) is 3. The summed E-state index contributed by atoms with van der Waals surface area (Å²) in [6.45, 7) is 3.11. The van der Waals surface area contributed by atoms with Crippen LogP contribution in [0.1, 0.15) is 43.7 Å². The van der Waals surface area contributed by atoms with Crippen molar-refractivity contribution in [1.82, 2.24) is 14.8 Å². The van der Waals surface area contributed by atoms with Crippen LogP contribution in [0.4, 0.5) is 5.82 Å². The van der Waals surface area contributed by atoms with Gasteiger partial charge in [0.25, 0.3) is 0 Å². The van der Waals surface area contributed by atoms with Gasteiger partial charge in [-0.15, -0.1) is 0 Å². The Labute approximate surface area is 232 Å². The van der Waals surface area contributed by atoms with Crippen molar-refractivity contribution in [2.45, 2.75) is 45.4 Å². The van der Waals surface area contributed by atoms with Gasteiger partial charge in [0.15, 0.2) is 6.23 Å². The number of ether oxygens (including phenoxy) is 3. The minimum atomic E-state index is -0.279. The van der Waals surface area contributed by atoms with E-state index >= 15 is 0 Å². The highest BCUT2D eigenvalue weighted by atomic mass is 16.5. The standard InChI is InChI=1S/C32H32N4O4/c1-2-38-31(37)19-22-8-3-4-11-29(22)40-20-27-26-18-21(23-9-7-10-25-24(23)15-16-34-32(25)33)13-14-28(26)36(35-27)30-12-5-6-17-39-30/h3-4,7-11,13-16,18,30H,2,5-6,12,17,19-20H2,1H3,(H2,33,34). The number of carbonyl (C=O) groups excluding carboxylic acids is 1. The average Bonchev–Trinajstić information content (AvgIpc) is 3.35.